The van der Waals surface area contributed by atoms with Crippen LogP contribution in [0.1, 0.15) is 68.7 Å². The van der Waals surface area contributed by atoms with Crippen LogP contribution < -0.4 is 0 Å². The van der Waals surface area contributed by atoms with E-state index in [4.69, 9.17) is 21.4 Å². The van der Waals surface area contributed by atoms with Crippen molar-refractivity contribution < 1.29 is 14.9 Å². The topological polar surface area (TPSA) is 49.7 Å². The number of halogens is 1. The minimum absolute atomic E-state index is 0.277. The first-order valence-corrected chi connectivity index (χ1v) is 10.2. The van der Waals surface area contributed by atoms with E-state index in [1.165, 1.54) is 28.7 Å². The summed E-state index contributed by atoms with van der Waals surface area (Å²) in [7, 11) is 1.00. The molecule has 2 N–H and O–H groups in total. The first-order valence-electron chi connectivity index (χ1n) is 9.81. The second kappa shape index (κ2) is 12.2. The summed E-state index contributed by atoms with van der Waals surface area (Å²) >= 11 is 6.23. The Hall–Kier alpha value is -1.29. The quantitative estimate of drug-likeness (QED) is 0.389. The Labute approximate surface area is 169 Å². The van der Waals surface area contributed by atoms with E-state index in [1.807, 2.05) is 6.92 Å². The second-order valence-electron chi connectivity index (χ2n) is 7.15. The van der Waals surface area contributed by atoms with Crippen molar-refractivity contribution in [2.75, 3.05) is 20.3 Å². The molecule has 2 rings (SSSR count). The van der Waals surface area contributed by atoms with Crippen molar-refractivity contribution in [2.45, 2.75) is 66.2 Å². The Morgan fingerprint density at radius 3 is 2.52 bits per heavy atom. The van der Waals surface area contributed by atoms with Gasteiger partial charge in [0, 0.05) is 19.3 Å². The summed E-state index contributed by atoms with van der Waals surface area (Å²) < 4.78 is 5.63. The molecule has 1 aliphatic carbocycles. The summed E-state index contributed by atoms with van der Waals surface area (Å²) in [5, 5.41) is 17.8. The number of phenolic OH excluding ortho intramolecular Hbond substituents is 1. The predicted octanol–water partition coefficient (Wildman–Crippen LogP) is 5.90. The molecule has 0 unspecified atom stereocenters. The summed E-state index contributed by atoms with van der Waals surface area (Å²) in [5.74, 6) is 0.277. The standard InChI is InChI=1S/C22H31ClO2.CH4O/c1-5-6-12-25-14-16(3)9-7-8-15(2)10-11-18-20-13-19(20)17(4)21(23)22(18)24;1-2/h9-10,24H,5-8,11-14H2,1-4H3;2H,1H3/b15-10+,16-9+;. The lowest BCUT2D eigenvalue weighted by Gasteiger charge is -2.07. The van der Waals surface area contributed by atoms with Crippen LogP contribution in [0, 0.1) is 6.92 Å². The highest BCUT2D eigenvalue weighted by atomic mass is 35.5. The van der Waals surface area contributed by atoms with Crippen molar-refractivity contribution in [3.63, 3.8) is 0 Å². The molecule has 0 heterocycles. The van der Waals surface area contributed by atoms with Crippen LogP contribution >= 0.6 is 11.6 Å². The van der Waals surface area contributed by atoms with Crippen molar-refractivity contribution in [3.8, 4) is 5.75 Å². The summed E-state index contributed by atoms with van der Waals surface area (Å²) in [5.41, 5.74) is 7.33. The average molecular weight is 395 g/mol. The molecular formula is C23H35ClO3. The van der Waals surface area contributed by atoms with Crippen LogP contribution in [0.25, 0.3) is 0 Å². The van der Waals surface area contributed by atoms with Crippen LogP contribution in [0.15, 0.2) is 23.3 Å². The third-order valence-electron chi connectivity index (χ3n) is 4.89. The van der Waals surface area contributed by atoms with Crippen molar-refractivity contribution in [1.82, 2.24) is 0 Å². The molecule has 27 heavy (non-hydrogen) atoms. The molecule has 0 bridgehead atoms. The van der Waals surface area contributed by atoms with E-state index in [2.05, 4.69) is 32.9 Å². The average Bonchev–Trinajstić information content (AvgIpc) is 3.46. The number of aromatic hydroxyl groups is 1. The van der Waals surface area contributed by atoms with Crippen LogP contribution in [0.4, 0.5) is 0 Å². The van der Waals surface area contributed by atoms with Gasteiger partial charge >= 0.3 is 0 Å². The Kier molecular flexibility index (Phi) is 10.8. The highest BCUT2D eigenvalue weighted by Gasteiger charge is 2.28. The van der Waals surface area contributed by atoms with Gasteiger partial charge in [-0.2, -0.15) is 0 Å². The number of hydrogen-bond donors (Lipinski definition) is 2. The largest absolute Gasteiger partial charge is 0.506 e. The minimum Gasteiger partial charge on any atom is -0.506 e. The van der Waals surface area contributed by atoms with Gasteiger partial charge in [0.2, 0.25) is 0 Å². The van der Waals surface area contributed by atoms with Crippen LogP contribution in [-0.4, -0.2) is 30.5 Å². The molecular weight excluding hydrogens is 360 g/mol. The van der Waals surface area contributed by atoms with Crippen LogP contribution in [0.3, 0.4) is 0 Å². The van der Waals surface area contributed by atoms with E-state index in [0.29, 0.717) is 5.02 Å². The number of aliphatic hydroxyl groups is 1. The Balaban J connectivity index is 0.00000176. The van der Waals surface area contributed by atoms with Gasteiger partial charge in [0.1, 0.15) is 5.75 Å². The monoisotopic (exact) mass is 394 g/mol. The molecule has 4 heteroatoms. The van der Waals surface area contributed by atoms with Crippen molar-refractivity contribution >= 4 is 11.6 Å². The molecule has 0 atom stereocenters. The summed E-state index contributed by atoms with van der Waals surface area (Å²) in [6, 6.07) is 0. The first kappa shape index (κ1) is 23.7. The van der Waals surface area contributed by atoms with Crippen molar-refractivity contribution in [1.29, 1.82) is 0 Å². The fourth-order valence-corrected chi connectivity index (χ4v) is 3.28. The van der Waals surface area contributed by atoms with Crippen LogP contribution in [0.5, 0.6) is 5.75 Å². The molecule has 0 spiro atoms. The van der Waals surface area contributed by atoms with E-state index >= 15 is 0 Å². The first-order chi connectivity index (χ1) is 13.0. The highest BCUT2D eigenvalue weighted by Crippen LogP contribution is 2.45. The molecule has 0 saturated carbocycles. The van der Waals surface area contributed by atoms with E-state index in [0.717, 1.165) is 63.6 Å². The molecule has 3 nitrogen and oxygen atoms in total. The SMILES string of the molecule is CCCCOC/C(C)=C/CC/C(C)=C/Cc1c(O)c(Cl)c(C)c2c1C2.CO. The number of unbranched alkanes of at least 4 members (excludes halogenated alkanes) is 1. The number of hydrogen-bond acceptors (Lipinski definition) is 3. The van der Waals surface area contributed by atoms with E-state index in [1.54, 1.807) is 0 Å². The maximum absolute atomic E-state index is 10.3. The molecule has 0 aromatic heterocycles. The lowest BCUT2D eigenvalue weighted by Crippen LogP contribution is -1.97. The molecule has 0 saturated heterocycles. The van der Waals surface area contributed by atoms with Gasteiger partial charge in [0.25, 0.3) is 0 Å². The van der Waals surface area contributed by atoms with Gasteiger partial charge in [-0.1, -0.05) is 48.2 Å². The third-order valence-corrected chi connectivity index (χ3v) is 5.35. The summed E-state index contributed by atoms with van der Waals surface area (Å²) in [6.45, 7) is 10.0. The van der Waals surface area contributed by atoms with Gasteiger partial charge in [-0.25, -0.2) is 0 Å². The molecule has 0 radical (unpaired) electrons. The molecule has 0 amide bonds. The highest BCUT2D eigenvalue weighted by molar-refractivity contribution is 6.33. The lowest BCUT2D eigenvalue weighted by atomic mass is 10.0. The molecule has 152 valence electrons. The second-order valence-corrected chi connectivity index (χ2v) is 7.53. The summed E-state index contributed by atoms with van der Waals surface area (Å²) in [6.07, 6.45) is 10.6. The van der Waals surface area contributed by atoms with E-state index in [-0.39, 0.29) is 5.75 Å². The smallest absolute Gasteiger partial charge is 0.138 e. The molecule has 1 aromatic carbocycles. The number of benzene rings is 1. The normalized spacial score (nSPS) is 13.1. The maximum Gasteiger partial charge on any atom is 0.138 e. The van der Waals surface area contributed by atoms with Gasteiger partial charge in [-0.05, 0) is 69.6 Å². The van der Waals surface area contributed by atoms with Crippen molar-refractivity contribution in [3.05, 3.63) is 50.6 Å². The lowest BCUT2D eigenvalue weighted by molar-refractivity contribution is 0.152. The fourth-order valence-electron chi connectivity index (χ4n) is 3.05. The maximum atomic E-state index is 10.3. The zero-order valence-corrected chi connectivity index (χ0v) is 18.2. The van der Waals surface area contributed by atoms with Gasteiger partial charge in [-0.15, -0.1) is 0 Å². The number of aliphatic hydroxyl groups excluding tert-OH is 1. The number of allylic oxidation sites excluding steroid dienone is 3. The minimum atomic E-state index is 0.277. The van der Waals surface area contributed by atoms with E-state index in [9.17, 15) is 5.11 Å². The van der Waals surface area contributed by atoms with Gasteiger partial charge in [-0.3, -0.25) is 0 Å². The molecule has 0 fully saturated rings. The van der Waals surface area contributed by atoms with Gasteiger partial charge < -0.3 is 14.9 Å². The van der Waals surface area contributed by atoms with Crippen LogP contribution in [-0.2, 0) is 17.6 Å². The Morgan fingerprint density at radius 2 is 1.85 bits per heavy atom. The summed E-state index contributed by atoms with van der Waals surface area (Å²) in [4.78, 5) is 0. The zero-order chi connectivity index (χ0) is 20.4. The predicted molar refractivity (Wildman–Crippen MR) is 115 cm³/mol. The zero-order valence-electron chi connectivity index (χ0n) is 17.5. The molecule has 1 aliphatic rings. The van der Waals surface area contributed by atoms with E-state index < -0.39 is 0 Å². The molecule has 0 aliphatic heterocycles. The number of rotatable bonds is 10. The number of fused-ring (bicyclic) bond motifs is 1. The fraction of sp³-hybridized carbons (Fsp3) is 0.565. The van der Waals surface area contributed by atoms with Crippen molar-refractivity contribution in [2.24, 2.45) is 0 Å². The van der Waals surface area contributed by atoms with Crippen LogP contribution in [0.2, 0.25) is 5.02 Å². The van der Waals surface area contributed by atoms with Gasteiger partial charge in [0.05, 0.1) is 11.6 Å². The Bertz CT molecular complexity index is 675. The Morgan fingerprint density at radius 1 is 1.15 bits per heavy atom. The number of ether oxygens (including phenoxy) is 1. The van der Waals surface area contributed by atoms with Gasteiger partial charge in [0.15, 0.2) is 0 Å². The molecule has 1 aromatic rings. The third kappa shape index (κ3) is 7.33. The number of phenols is 1.